The van der Waals surface area contributed by atoms with Crippen LogP contribution in [0.4, 0.5) is 0 Å². The van der Waals surface area contributed by atoms with Gasteiger partial charge in [-0.25, -0.2) is 0 Å². The molecule has 0 bridgehead atoms. The Labute approximate surface area is 108 Å². The van der Waals surface area contributed by atoms with Crippen LogP contribution in [0, 0.1) is 18.3 Å². The van der Waals surface area contributed by atoms with Crippen molar-refractivity contribution in [3.05, 3.63) is 28.3 Å². The molecule has 0 radical (unpaired) electrons. The zero-order valence-electron chi connectivity index (χ0n) is 10.6. The van der Waals surface area contributed by atoms with E-state index in [9.17, 15) is 0 Å². The van der Waals surface area contributed by atoms with Crippen molar-refractivity contribution in [2.45, 2.75) is 19.4 Å². The first kappa shape index (κ1) is 13.8. The van der Waals surface area contributed by atoms with E-state index in [4.69, 9.17) is 21.6 Å². The molecular weight excluding hydrogens is 236 g/mol. The van der Waals surface area contributed by atoms with Crippen LogP contribution in [0.1, 0.15) is 23.6 Å². The van der Waals surface area contributed by atoms with E-state index in [1.165, 1.54) is 0 Å². The summed E-state index contributed by atoms with van der Waals surface area (Å²) in [6.07, 6.45) is 0.441. The second-order valence-electron chi connectivity index (χ2n) is 4.18. The predicted molar refractivity (Wildman–Crippen MR) is 69.4 cm³/mol. The Balaban J connectivity index is 3.21. The summed E-state index contributed by atoms with van der Waals surface area (Å²) >= 11 is 6.12. The Morgan fingerprint density at radius 2 is 2.12 bits per heavy atom. The Bertz CT molecular complexity index is 438. The highest BCUT2D eigenvalue weighted by Gasteiger charge is 2.18. The van der Waals surface area contributed by atoms with Crippen LogP contribution in [0.5, 0.6) is 5.75 Å². The van der Waals surface area contributed by atoms with Crippen LogP contribution >= 0.6 is 11.6 Å². The van der Waals surface area contributed by atoms with Crippen LogP contribution < -0.4 is 4.74 Å². The minimum Gasteiger partial charge on any atom is -0.495 e. The third-order valence-corrected chi connectivity index (χ3v) is 3.10. The minimum absolute atomic E-state index is 0.0587. The molecule has 0 saturated heterocycles. The molecule has 0 aliphatic carbocycles. The molecule has 0 aromatic heterocycles. The Hall–Kier alpha value is -1.24. The normalized spacial score (nSPS) is 12.3. The average molecular weight is 253 g/mol. The van der Waals surface area contributed by atoms with Crippen molar-refractivity contribution in [3.8, 4) is 11.8 Å². The number of rotatable bonds is 4. The van der Waals surface area contributed by atoms with Gasteiger partial charge in [0.2, 0.25) is 0 Å². The number of benzene rings is 1. The standard InChI is InChI=1S/C13H17ClN2O/c1-9-7-13(17-4)11(14)8-10(9)12(5-6-15)16(2)3/h7-8,12H,5H2,1-4H3. The lowest BCUT2D eigenvalue weighted by atomic mass is 9.98. The van der Waals surface area contributed by atoms with Crippen LogP contribution in [0.3, 0.4) is 0 Å². The van der Waals surface area contributed by atoms with E-state index in [1.54, 1.807) is 7.11 Å². The maximum Gasteiger partial charge on any atom is 0.137 e. The second-order valence-corrected chi connectivity index (χ2v) is 4.59. The van der Waals surface area contributed by atoms with Gasteiger partial charge in [-0.05, 0) is 44.3 Å². The molecule has 0 aliphatic rings. The highest BCUT2D eigenvalue weighted by molar-refractivity contribution is 6.32. The van der Waals surface area contributed by atoms with Gasteiger partial charge < -0.3 is 9.64 Å². The quantitative estimate of drug-likeness (QED) is 0.826. The first-order chi connectivity index (χ1) is 8.01. The van der Waals surface area contributed by atoms with Crippen molar-refractivity contribution in [1.82, 2.24) is 4.90 Å². The maximum absolute atomic E-state index is 8.87. The third kappa shape index (κ3) is 3.12. The number of methoxy groups -OCH3 is 1. The van der Waals surface area contributed by atoms with Gasteiger partial charge in [0.1, 0.15) is 5.75 Å². The van der Waals surface area contributed by atoms with Gasteiger partial charge in [-0.1, -0.05) is 11.6 Å². The molecule has 0 N–H and O–H groups in total. The van der Waals surface area contributed by atoms with Gasteiger partial charge in [0.15, 0.2) is 0 Å². The fourth-order valence-corrected chi connectivity index (χ4v) is 2.09. The molecule has 92 valence electrons. The third-order valence-electron chi connectivity index (χ3n) is 2.81. The van der Waals surface area contributed by atoms with Gasteiger partial charge in [-0.3, -0.25) is 0 Å². The van der Waals surface area contributed by atoms with Gasteiger partial charge in [0.25, 0.3) is 0 Å². The molecule has 0 aliphatic heterocycles. The second kappa shape index (κ2) is 5.90. The van der Waals surface area contributed by atoms with Crippen LogP contribution in [0.15, 0.2) is 12.1 Å². The van der Waals surface area contributed by atoms with Crippen molar-refractivity contribution in [1.29, 1.82) is 5.26 Å². The van der Waals surface area contributed by atoms with E-state index in [0.29, 0.717) is 17.2 Å². The first-order valence-electron chi connectivity index (χ1n) is 5.38. The molecule has 4 heteroatoms. The van der Waals surface area contributed by atoms with Crippen LogP contribution in [0.2, 0.25) is 5.02 Å². The van der Waals surface area contributed by atoms with E-state index >= 15 is 0 Å². The summed E-state index contributed by atoms with van der Waals surface area (Å²) in [5.74, 6) is 0.669. The fourth-order valence-electron chi connectivity index (χ4n) is 1.84. The molecule has 0 heterocycles. The number of hydrogen-bond acceptors (Lipinski definition) is 3. The van der Waals surface area contributed by atoms with Gasteiger partial charge >= 0.3 is 0 Å². The summed E-state index contributed by atoms with van der Waals surface area (Å²) in [5, 5.41) is 9.45. The number of nitriles is 1. The molecule has 3 nitrogen and oxygen atoms in total. The van der Waals surface area contributed by atoms with Crippen molar-refractivity contribution in [2.75, 3.05) is 21.2 Å². The number of hydrogen-bond donors (Lipinski definition) is 0. The summed E-state index contributed by atoms with van der Waals surface area (Å²) in [6.45, 7) is 2.00. The molecule has 1 unspecified atom stereocenters. The van der Waals surface area contributed by atoms with E-state index < -0.39 is 0 Å². The largest absolute Gasteiger partial charge is 0.495 e. The molecule has 0 fully saturated rings. The van der Waals surface area contributed by atoms with Crippen molar-refractivity contribution < 1.29 is 4.74 Å². The number of aryl methyl sites for hydroxylation is 1. The van der Waals surface area contributed by atoms with Crippen molar-refractivity contribution in [2.24, 2.45) is 0 Å². The lowest BCUT2D eigenvalue weighted by molar-refractivity contribution is 0.302. The molecule has 1 rings (SSSR count). The van der Waals surface area contributed by atoms with Crippen LogP contribution in [0.25, 0.3) is 0 Å². The summed E-state index contributed by atoms with van der Waals surface area (Å²) in [5.41, 5.74) is 2.16. The lowest BCUT2D eigenvalue weighted by Gasteiger charge is -2.24. The van der Waals surface area contributed by atoms with Crippen molar-refractivity contribution in [3.63, 3.8) is 0 Å². The number of halogens is 1. The molecule has 0 saturated carbocycles. The minimum atomic E-state index is 0.0587. The van der Waals surface area contributed by atoms with Gasteiger partial charge in [0, 0.05) is 6.04 Å². The number of nitrogens with zero attached hydrogens (tertiary/aromatic N) is 2. The summed E-state index contributed by atoms with van der Waals surface area (Å²) in [6, 6.07) is 6.06. The van der Waals surface area contributed by atoms with E-state index in [2.05, 4.69) is 6.07 Å². The predicted octanol–water partition coefficient (Wildman–Crippen LogP) is 3.17. The first-order valence-corrected chi connectivity index (χ1v) is 5.76. The van der Waals surface area contributed by atoms with E-state index in [0.717, 1.165) is 11.1 Å². The van der Waals surface area contributed by atoms with Gasteiger partial charge in [0.05, 0.1) is 24.6 Å². The Morgan fingerprint density at radius 1 is 1.47 bits per heavy atom. The molecule has 1 aromatic rings. The molecule has 0 spiro atoms. The van der Waals surface area contributed by atoms with E-state index in [-0.39, 0.29) is 6.04 Å². The molecule has 0 amide bonds. The Kier molecular flexibility index (Phi) is 4.80. The van der Waals surface area contributed by atoms with Crippen LogP contribution in [-0.4, -0.2) is 26.1 Å². The summed E-state index contributed by atoms with van der Waals surface area (Å²) in [7, 11) is 5.51. The molecule has 1 atom stereocenters. The van der Waals surface area contributed by atoms with Crippen molar-refractivity contribution >= 4 is 11.6 Å². The lowest BCUT2D eigenvalue weighted by Crippen LogP contribution is -2.20. The summed E-state index contributed by atoms with van der Waals surface area (Å²) in [4.78, 5) is 2.02. The van der Waals surface area contributed by atoms with Crippen LogP contribution in [-0.2, 0) is 0 Å². The highest BCUT2D eigenvalue weighted by Crippen LogP contribution is 2.33. The summed E-state index contributed by atoms with van der Waals surface area (Å²) < 4.78 is 5.17. The molecule has 17 heavy (non-hydrogen) atoms. The maximum atomic E-state index is 8.87. The highest BCUT2D eigenvalue weighted by atomic mass is 35.5. The number of ether oxygens (including phenoxy) is 1. The zero-order chi connectivity index (χ0) is 13.0. The monoisotopic (exact) mass is 252 g/mol. The Morgan fingerprint density at radius 3 is 2.59 bits per heavy atom. The zero-order valence-corrected chi connectivity index (χ0v) is 11.4. The topological polar surface area (TPSA) is 36.3 Å². The van der Waals surface area contributed by atoms with E-state index in [1.807, 2.05) is 38.1 Å². The molecule has 1 aromatic carbocycles. The molecular formula is C13H17ClN2O. The fraction of sp³-hybridized carbons (Fsp3) is 0.462. The average Bonchev–Trinajstić information content (AvgIpc) is 2.28. The smallest absolute Gasteiger partial charge is 0.137 e. The van der Waals surface area contributed by atoms with Gasteiger partial charge in [-0.2, -0.15) is 5.26 Å². The SMILES string of the molecule is COc1cc(C)c(C(CC#N)N(C)C)cc1Cl. The van der Waals surface area contributed by atoms with Gasteiger partial charge in [-0.15, -0.1) is 0 Å².